The van der Waals surface area contributed by atoms with E-state index in [0.29, 0.717) is 5.56 Å². The molecule has 0 saturated carbocycles. The van der Waals surface area contributed by atoms with Gasteiger partial charge in [-0.25, -0.2) is 0 Å². The molecule has 0 fully saturated rings. The average Bonchev–Trinajstić information content (AvgIpc) is 2.28. The lowest BCUT2D eigenvalue weighted by Gasteiger charge is -2.24. The van der Waals surface area contributed by atoms with E-state index in [9.17, 15) is 18.0 Å². The monoisotopic (exact) mass is 386 g/mol. The van der Waals surface area contributed by atoms with Crippen molar-refractivity contribution in [2.45, 2.75) is 32.4 Å². The molecule has 0 radical (unpaired) electrons. The van der Waals surface area contributed by atoms with Crippen molar-refractivity contribution in [3.05, 3.63) is 32.9 Å². The summed E-state index contributed by atoms with van der Waals surface area (Å²) in [6.45, 7) is 4.95. The number of ether oxygens (including phenoxy) is 1. The van der Waals surface area contributed by atoms with Gasteiger partial charge in [-0.05, 0) is 61.1 Å². The summed E-state index contributed by atoms with van der Waals surface area (Å²) in [5, 5.41) is 0. The molecule has 19 heavy (non-hydrogen) atoms. The maximum atomic E-state index is 12.8. The van der Waals surface area contributed by atoms with Crippen LogP contribution < -0.4 is 0 Å². The zero-order chi connectivity index (χ0) is 14.8. The lowest BCUT2D eigenvalue weighted by molar-refractivity contribution is -0.149. The summed E-state index contributed by atoms with van der Waals surface area (Å²) < 4.78 is 43.5. The fraction of sp³-hybridized carbons (Fsp3) is 0.462. The SMILES string of the molecule is CCOC(=O)C(C)(C)c1ccc(I)c(C(F)(F)F)c1. The molecule has 0 bridgehead atoms. The van der Waals surface area contributed by atoms with Crippen molar-refractivity contribution in [2.75, 3.05) is 6.61 Å². The molecule has 6 heteroatoms. The molecule has 0 atom stereocenters. The van der Waals surface area contributed by atoms with Crippen LogP contribution in [0.4, 0.5) is 13.2 Å². The zero-order valence-corrected chi connectivity index (χ0v) is 12.9. The molecular formula is C13H14F3IO2. The van der Waals surface area contributed by atoms with Crippen molar-refractivity contribution >= 4 is 28.6 Å². The molecule has 1 aromatic rings. The lowest BCUT2D eigenvalue weighted by atomic mass is 9.84. The van der Waals surface area contributed by atoms with E-state index in [2.05, 4.69) is 0 Å². The number of hydrogen-bond donors (Lipinski definition) is 0. The summed E-state index contributed by atoms with van der Waals surface area (Å²) in [4.78, 5) is 11.8. The van der Waals surface area contributed by atoms with Crippen LogP contribution in [-0.4, -0.2) is 12.6 Å². The number of hydrogen-bond acceptors (Lipinski definition) is 2. The molecule has 0 unspecified atom stereocenters. The average molecular weight is 386 g/mol. The van der Waals surface area contributed by atoms with Crippen molar-refractivity contribution in [1.82, 2.24) is 0 Å². The van der Waals surface area contributed by atoms with Crippen molar-refractivity contribution in [1.29, 1.82) is 0 Å². The van der Waals surface area contributed by atoms with E-state index in [-0.39, 0.29) is 10.2 Å². The van der Waals surface area contributed by atoms with E-state index in [1.54, 1.807) is 43.4 Å². The standard InChI is InChI=1S/C13H14F3IO2/c1-4-19-11(18)12(2,3)8-5-6-10(17)9(7-8)13(14,15)16/h5-7H,4H2,1-3H3. The third kappa shape index (κ3) is 3.61. The first-order valence-electron chi connectivity index (χ1n) is 5.65. The minimum atomic E-state index is -4.43. The molecule has 1 aromatic carbocycles. The number of rotatable bonds is 3. The summed E-state index contributed by atoms with van der Waals surface area (Å²) in [7, 11) is 0. The molecule has 0 aliphatic carbocycles. The van der Waals surface area contributed by atoms with Gasteiger partial charge in [0.15, 0.2) is 0 Å². The summed E-state index contributed by atoms with van der Waals surface area (Å²) in [6, 6.07) is 3.90. The first-order chi connectivity index (χ1) is 8.60. The summed E-state index contributed by atoms with van der Waals surface area (Å²) >= 11 is 1.63. The predicted octanol–water partition coefficient (Wildman–Crippen LogP) is 4.15. The molecule has 0 spiro atoms. The van der Waals surface area contributed by atoms with E-state index in [1.165, 1.54) is 12.1 Å². The van der Waals surface area contributed by atoms with Crippen molar-refractivity contribution < 1.29 is 22.7 Å². The second kappa shape index (κ2) is 5.68. The smallest absolute Gasteiger partial charge is 0.417 e. The second-order valence-electron chi connectivity index (χ2n) is 4.54. The van der Waals surface area contributed by atoms with Crippen LogP contribution >= 0.6 is 22.6 Å². The highest BCUT2D eigenvalue weighted by molar-refractivity contribution is 14.1. The first kappa shape index (κ1) is 16.3. The largest absolute Gasteiger partial charge is 0.465 e. The highest BCUT2D eigenvalue weighted by Crippen LogP contribution is 2.36. The van der Waals surface area contributed by atoms with Crippen molar-refractivity contribution in [3.8, 4) is 0 Å². The molecule has 0 amide bonds. The van der Waals surface area contributed by atoms with Crippen molar-refractivity contribution in [3.63, 3.8) is 0 Å². The van der Waals surface area contributed by atoms with Crippen LogP contribution in [0, 0.1) is 3.57 Å². The molecule has 106 valence electrons. The molecule has 0 heterocycles. The molecule has 1 rings (SSSR count). The Balaban J connectivity index is 3.26. The quantitative estimate of drug-likeness (QED) is 0.577. The molecule has 0 saturated heterocycles. The number of carbonyl (C=O) groups is 1. The third-order valence-electron chi connectivity index (χ3n) is 2.78. The van der Waals surface area contributed by atoms with Crippen LogP contribution in [0.25, 0.3) is 0 Å². The molecular weight excluding hydrogens is 372 g/mol. The van der Waals surface area contributed by atoms with Crippen LogP contribution in [0.2, 0.25) is 0 Å². The Morgan fingerprint density at radius 1 is 1.32 bits per heavy atom. The fourth-order valence-electron chi connectivity index (χ4n) is 1.56. The topological polar surface area (TPSA) is 26.3 Å². The molecule has 2 nitrogen and oxygen atoms in total. The van der Waals surface area contributed by atoms with Gasteiger partial charge in [0.25, 0.3) is 0 Å². The summed E-state index contributed by atoms with van der Waals surface area (Å²) in [5.41, 5.74) is -1.55. The van der Waals surface area contributed by atoms with Gasteiger partial charge in [0.2, 0.25) is 0 Å². The van der Waals surface area contributed by atoms with Crippen LogP contribution in [0.3, 0.4) is 0 Å². The van der Waals surface area contributed by atoms with Gasteiger partial charge in [-0.15, -0.1) is 0 Å². The van der Waals surface area contributed by atoms with E-state index in [4.69, 9.17) is 4.74 Å². The van der Waals surface area contributed by atoms with E-state index >= 15 is 0 Å². The number of alkyl halides is 3. The minimum absolute atomic E-state index is 0.105. The Labute approximate surface area is 123 Å². The van der Waals surface area contributed by atoms with E-state index in [0.717, 1.165) is 6.07 Å². The van der Waals surface area contributed by atoms with Crippen molar-refractivity contribution in [2.24, 2.45) is 0 Å². The molecule has 0 aliphatic rings. The molecule has 0 aliphatic heterocycles. The molecule has 0 aromatic heterocycles. The van der Waals surface area contributed by atoms with Crippen LogP contribution in [0.15, 0.2) is 18.2 Å². The Bertz CT molecular complexity index is 481. The normalized spacial score (nSPS) is 12.4. The second-order valence-corrected chi connectivity index (χ2v) is 5.70. The van der Waals surface area contributed by atoms with Gasteiger partial charge in [0, 0.05) is 3.57 Å². The maximum absolute atomic E-state index is 12.8. The Morgan fingerprint density at radius 2 is 1.89 bits per heavy atom. The number of carbonyl (C=O) groups excluding carboxylic acids is 1. The summed E-state index contributed by atoms with van der Waals surface area (Å²) in [6.07, 6.45) is -4.43. The lowest BCUT2D eigenvalue weighted by Crippen LogP contribution is -2.31. The minimum Gasteiger partial charge on any atom is -0.465 e. The van der Waals surface area contributed by atoms with Crippen LogP contribution in [0.5, 0.6) is 0 Å². The van der Waals surface area contributed by atoms with Gasteiger partial charge in [-0.2, -0.15) is 13.2 Å². The Hall–Kier alpha value is -0.790. The van der Waals surface area contributed by atoms with Gasteiger partial charge in [0.05, 0.1) is 17.6 Å². The fourth-order valence-corrected chi connectivity index (χ4v) is 2.20. The Morgan fingerprint density at radius 3 is 2.37 bits per heavy atom. The predicted molar refractivity (Wildman–Crippen MR) is 73.8 cm³/mol. The zero-order valence-electron chi connectivity index (χ0n) is 10.8. The van der Waals surface area contributed by atoms with Gasteiger partial charge in [-0.1, -0.05) is 6.07 Å². The number of benzene rings is 1. The van der Waals surface area contributed by atoms with Gasteiger partial charge < -0.3 is 4.74 Å². The molecule has 0 N–H and O–H groups in total. The first-order valence-corrected chi connectivity index (χ1v) is 6.73. The highest BCUT2D eigenvalue weighted by atomic mass is 127. The van der Waals surface area contributed by atoms with E-state index in [1.807, 2.05) is 0 Å². The van der Waals surface area contributed by atoms with Crippen LogP contribution in [0.1, 0.15) is 31.9 Å². The highest BCUT2D eigenvalue weighted by Gasteiger charge is 2.37. The third-order valence-corrected chi connectivity index (χ3v) is 3.72. The summed E-state index contributed by atoms with van der Waals surface area (Å²) in [5.74, 6) is -0.538. The van der Waals surface area contributed by atoms with E-state index < -0.39 is 23.1 Å². The van der Waals surface area contributed by atoms with Crippen LogP contribution in [-0.2, 0) is 21.1 Å². The number of halogens is 4. The Kier molecular flexibility index (Phi) is 4.86. The van der Waals surface area contributed by atoms with Gasteiger partial charge in [0.1, 0.15) is 0 Å². The maximum Gasteiger partial charge on any atom is 0.417 e. The number of esters is 1. The van der Waals surface area contributed by atoms with Gasteiger partial charge in [-0.3, -0.25) is 4.79 Å². The van der Waals surface area contributed by atoms with Gasteiger partial charge >= 0.3 is 12.1 Å².